The van der Waals surface area contributed by atoms with Crippen LogP contribution in [0.4, 0.5) is 0 Å². The summed E-state index contributed by atoms with van der Waals surface area (Å²) in [4.78, 5) is 23.0. The van der Waals surface area contributed by atoms with E-state index in [2.05, 4.69) is 74.5 Å². The van der Waals surface area contributed by atoms with Gasteiger partial charge in [0.2, 0.25) is 0 Å². The molecule has 4 nitrogen and oxygen atoms in total. The Kier molecular flexibility index (Phi) is 11.7. The fourth-order valence-corrected chi connectivity index (χ4v) is 8.88. The molecule has 274 valence electrons. The van der Waals surface area contributed by atoms with Gasteiger partial charge in [-0.1, -0.05) is 124 Å². The van der Waals surface area contributed by atoms with Crippen molar-refractivity contribution in [2.24, 2.45) is 0 Å². The van der Waals surface area contributed by atoms with Crippen LogP contribution >= 0.6 is 0 Å². The summed E-state index contributed by atoms with van der Waals surface area (Å²) < 4.78 is 10.6. The Morgan fingerprint density at radius 3 is 1.30 bits per heavy atom. The third kappa shape index (κ3) is 8.75. The smallest absolute Gasteiger partial charge is 0.336 e. The molecule has 1 aliphatic rings. The summed E-state index contributed by atoms with van der Waals surface area (Å²) in [7, 11) is 0. The van der Waals surface area contributed by atoms with Crippen LogP contribution in [0, 0.1) is 13.8 Å². The largest absolute Gasteiger partial charge is 0.423 e. The second-order valence-electron chi connectivity index (χ2n) is 15.7. The predicted molar refractivity (Wildman–Crippen MR) is 219 cm³/mol. The van der Waals surface area contributed by atoms with Crippen molar-refractivity contribution in [2.75, 3.05) is 0 Å². The van der Waals surface area contributed by atoms with E-state index in [4.69, 9.17) is 8.83 Å². The zero-order chi connectivity index (χ0) is 36.6. The van der Waals surface area contributed by atoms with Gasteiger partial charge in [-0.25, -0.2) is 9.59 Å². The molecule has 2 aromatic heterocycles. The minimum Gasteiger partial charge on any atom is -0.423 e. The lowest BCUT2D eigenvalue weighted by molar-refractivity contribution is 0.397. The van der Waals surface area contributed by atoms with E-state index >= 15 is 0 Å². The quantitative estimate of drug-likeness (QED) is 0.0659. The molecule has 0 fully saturated rings. The van der Waals surface area contributed by atoms with Crippen LogP contribution in [-0.2, 0) is 18.3 Å². The molecular formula is C49H54O4. The van der Waals surface area contributed by atoms with Gasteiger partial charge < -0.3 is 8.83 Å². The Labute approximate surface area is 314 Å². The molecule has 6 aromatic rings. The molecule has 0 aliphatic heterocycles. The van der Waals surface area contributed by atoms with E-state index in [-0.39, 0.29) is 16.7 Å². The van der Waals surface area contributed by atoms with E-state index in [0.717, 1.165) is 23.6 Å². The van der Waals surface area contributed by atoms with E-state index in [1.807, 2.05) is 24.3 Å². The maximum absolute atomic E-state index is 11.5. The lowest BCUT2D eigenvalue weighted by Gasteiger charge is -2.33. The SMILES string of the molecule is Cc1ccc2c(c1)-c1cc(C)ccc1C2(CCCCCCCCc1ccc2oc(=O)ccc2c1)CCCCCCCCc1ccc2oc(=O)ccc2c1. The highest BCUT2D eigenvalue weighted by Crippen LogP contribution is 2.54. The fourth-order valence-electron chi connectivity index (χ4n) is 8.88. The van der Waals surface area contributed by atoms with Crippen LogP contribution < -0.4 is 11.3 Å². The van der Waals surface area contributed by atoms with Crippen LogP contribution in [0.15, 0.2) is 115 Å². The number of hydrogen-bond acceptors (Lipinski definition) is 4. The highest BCUT2D eigenvalue weighted by atomic mass is 16.4. The average Bonchev–Trinajstić information content (AvgIpc) is 3.41. The first-order valence-corrected chi connectivity index (χ1v) is 20.2. The van der Waals surface area contributed by atoms with E-state index in [9.17, 15) is 9.59 Å². The minimum atomic E-state index is -0.292. The van der Waals surface area contributed by atoms with Gasteiger partial charge in [0, 0.05) is 28.3 Å². The summed E-state index contributed by atoms with van der Waals surface area (Å²) in [6.07, 6.45) is 19.7. The first-order valence-electron chi connectivity index (χ1n) is 20.2. The molecule has 0 saturated heterocycles. The van der Waals surface area contributed by atoms with Gasteiger partial charge in [0.1, 0.15) is 11.2 Å². The van der Waals surface area contributed by atoms with Gasteiger partial charge in [0.15, 0.2) is 0 Å². The molecule has 4 aromatic carbocycles. The summed E-state index contributed by atoms with van der Waals surface area (Å²) in [6.45, 7) is 4.46. The third-order valence-corrected chi connectivity index (χ3v) is 11.7. The van der Waals surface area contributed by atoms with Crippen LogP contribution in [0.1, 0.15) is 123 Å². The number of rotatable bonds is 18. The Bertz CT molecular complexity index is 2130. The Morgan fingerprint density at radius 2 is 0.849 bits per heavy atom. The summed E-state index contributed by atoms with van der Waals surface area (Å²) in [6, 6.07) is 33.6. The van der Waals surface area contributed by atoms with Crippen molar-refractivity contribution in [3.8, 4) is 11.1 Å². The molecule has 0 atom stereocenters. The molecule has 0 saturated carbocycles. The topological polar surface area (TPSA) is 60.4 Å². The molecule has 0 amide bonds. The summed E-state index contributed by atoms with van der Waals surface area (Å²) >= 11 is 0. The number of hydrogen-bond donors (Lipinski definition) is 0. The van der Waals surface area contributed by atoms with Gasteiger partial charge in [0.25, 0.3) is 0 Å². The van der Waals surface area contributed by atoms with Gasteiger partial charge in [-0.05, 0) is 122 Å². The van der Waals surface area contributed by atoms with Crippen molar-refractivity contribution in [2.45, 2.75) is 122 Å². The van der Waals surface area contributed by atoms with Crippen LogP contribution in [0.5, 0.6) is 0 Å². The highest BCUT2D eigenvalue weighted by molar-refractivity contribution is 5.82. The first-order chi connectivity index (χ1) is 25.9. The van der Waals surface area contributed by atoms with Crippen LogP contribution in [0.2, 0.25) is 0 Å². The molecule has 1 aliphatic carbocycles. The molecular weight excluding hydrogens is 653 g/mol. The summed E-state index contributed by atoms with van der Waals surface area (Å²) in [5.41, 5.74) is 12.2. The van der Waals surface area contributed by atoms with Crippen molar-refractivity contribution < 1.29 is 8.83 Å². The monoisotopic (exact) mass is 706 g/mol. The Morgan fingerprint density at radius 1 is 0.434 bits per heavy atom. The molecule has 2 heterocycles. The van der Waals surface area contributed by atoms with Gasteiger partial charge in [0.05, 0.1) is 0 Å². The standard InChI is InChI=1S/C49H54O4/c1-35-17-23-43-41(31-35)42-32-36(2)18-24-44(42)49(43,29-13-9-5-3-7-11-15-37-19-25-45-39(33-37)21-27-47(50)52-45)30-14-10-6-4-8-12-16-38-20-26-46-40(34-38)22-28-48(51)53-46/h17-28,31-34H,3-16,29-30H2,1-2H3. The zero-order valence-corrected chi connectivity index (χ0v) is 31.7. The molecule has 0 radical (unpaired) electrons. The lowest BCUT2D eigenvalue weighted by atomic mass is 9.70. The normalized spacial score (nSPS) is 13.1. The van der Waals surface area contributed by atoms with Gasteiger partial charge >= 0.3 is 11.3 Å². The molecule has 0 N–H and O–H groups in total. The van der Waals surface area contributed by atoms with Gasteiger partial charge in [-0.2, -0.15) is 0 Å². The highest BCUT2D eigenvalue weighted by Gasteiger charge is 2.42. The fraction of sp³-hybridized carbons (Fsp3) is 0.388. The second-order valence-corrected chi connectivity index (χ2v) is 15.7. The van der Waals surface area contributed by atoms with Crippen molar-refractivity contribution in [1.29, 1.82) is 0 Å². The van der Waals surface area contributed by atoms with Gasteiger partial charge in [-0.3, -0.25) is 0 Å². The molecule has 0 bridgehead atoms. The number of unbranched alkanes of at least 4 members (excludes halogenated alkanes) is 10. The number of benzene rings is 4. The maximum atomic E-state index is 11.5. The van der Waals surface area contributed by atoms with Crippen molar-refractivity contribution in [1.82, 2.24) is 0 Å². The second kappa shape index (κ2) is 17.0. The van der Waals surface area contributed by atoms with Crippen LogP contribution in [0.25, 0.3) is 33.1 Å². The Hall–Kier alpha value is -4.70. The van der Waals surface area contributed by atoms with Crippen molar-refractivity contribution in [3.05, 3.63) is 151 Å². The van der Waals surface area contributed by atoms with Crippen LogP contribution in [-0.4, -0.2) is 0 Å². The summed E-state index contributed by atoms with van der Waals surface area (Å²) in [5.74, 6) is 0. The van der Waals surface area contributed by atoms with E-state index < -0.39 is 0 Å². The summed E-state index contributed by atoms with van der Waals surface area (Å²) in [5, 5.41) is 2.01. The average molecular weight is 707 g/mol. The van der Waals surface area contributed by atoms with E-state index in [1.165, 1.54) is 135 Å². The third-order valence-electron chi connectivity index (χ3n) is 11.7. The lowest BCUT2D eigenvalue weighted by Crippen LogP contribution is -2.25. The molecule has 0 unspecified atom stereocenters. The predicted octanol–water partition coefficient (Wildman–Crippen LogP) is 12.7. The van der Waals surface area contributed by atoms with E-state index in [1.54, 1.807) is 11.1 Å². The maximum Gasteiger partial charge on any atom is 0.336 e. The van der Waals surface area contributed by atoms with E-state index in [0.29, 0.717) is 11.2 Å². The van der Waals surface area contributed by atoms with Gasteiger partial charge in [-0.15, -0.1) is 0 Å². The minimum absolute atomic E-state index is 0.108. The molecule has 4 heteroatoms. The first kappa shape index (κ1) is 36.6. The number of aryl methyl sites for hydroxylation is 4. The van der Waals surface area contributed by atoms with Crippen molar-refractivity contribution in [3.63, 3.8) is 0 Å². The van der Waals surface area contributed by atoms with Crippen molar-refractivity contribution >= 4 is 21.9 Å². The molecule has 0 spiro atoms. The molecule has 53 heavy (non-hydrogen) atoms. The Balaban J connectivity index is 0.900. The van der Waals surface area contributed by atoms with Crippen LogP contribution in [0.3, 0.4) is 0 Å². The number of fused-ring (bicyclic) bond motifs is 5. The molecule has 7 rings (SSSR count). The zero-order valence-electron chi connectivity index (χ0n) is 31.7.